The van der Waals surface area contributed by atoms with Gasteiger partial charge in [-0.15, -0.1) is 0 Å². The van der Waals surface area contributed by atoms with E-state index in [2.05, 4.69) is 22.5 Å². The molecule has 0 atom stereocenters. The summed E-state index contributed by atoms with van der Waals surface area (Å²) in [6.45, 7) is 6.39. The molecule has 2 N–H and O–H groups in total. The first-order valence-electron chi connectivity index (χ1n) is 14.1. The number of carbonyl (C=O) groups excluding carboxylic acids is 2. The van der Waals surface area contributed by atoms with E-state index in [0.717, 1.165) is 50.3 Å². The minimum absolute atomic E-state index is 0.0596. The highest BCUT2D eigenvalue weighted by molar-refractivity contribution is 6.00. The average molecular weight is 561 g/mol. The second-order valence-electron chi connectivity index (χ2n) is 10.3. The maximum absolute atomic E-state index is 12.6. The molecule has 1 fully saturated rings. The Hall–Kier alpha value is -4.09. The highest BCUT2D eigenvalue weighted by atomic mass is 16.5. The summed E-state index contributed by atoms with van der Waals surface area (Å²) in [6, 6.07) is 13.9. The number of aromatic nitrogens is 3. The van der Waals surface area contributed by atoms with E-state index in [1.165, 1.54) is 0 Å². The second-order valence-corrected chi connectivity index (χ2v) is 10.3. The van der Waals surface area contributed by atoms with Gasteiger partial charge in [0.05, 0.1) is 13.2 Å². The first-order valence-corrected chi connectivity index (χ1v) is 14.1. The van der Waals surface area contributed by atoms with Gasteiger partial charge in [-0.3, -0.25) is 4.79 Å². The standard InChI is InChI=1S/C30H40N8O3/c1-5-6-7-26-33-27(35-29(34-26)38-18-20-41-21-19-38)22-8-12-24(13-9-22)31-30(40)32-25-14-10-23(11-15-25)28(39)37(4)17-16-36(2)3/h8-15H,5-7,16-21H2,1-4H3,(H2,31,32,40). The van der Waals surface area contributed by atoms with Crippen molar-refractivity contribution in [3.63, 3.8) is 0 Å². The number of benzene rings is 2. The number of nitrogens with zero attached hydrogens (tertiary/aromatic N) is 6. The minimum Gasteiger partial charge on any atom is -0.378 e. The zero-order chi connectivity index (χ0) is 29.2. The van der Waals surface area contributed by atoms with E-state index >= 15 is 0 Å². The number of hydrogen-bond donors (Lipinski definition) is 2. The van der Waals surface area contributed by atoms with Crippen LogP contribution in [0.5, 0.6) is 0 Å². The molecule has 1 aliphatic heterocycles. The summed E-state index contributed by atoms with van der Waals surface area (Å²) in [4.78, 5) is 45.3. The number of amides is 3. The minimum atomic E-state index is -0.378. The Morgan fingerprint density at radius 2 is 1.51 bits per heavy atom. The predicted molar refractivity (Wildman–Crippen MR) is 162 cm³/mol. The lowest BCUT2D eigenvalue weighted by Crippen LogP contribution is -2.37. The van der Waals surface area contributed by atoms with Crippen molar-refractivity contribution in [2.75, 3.05) is 76.1 Å². The number of unbranched alkanes of at least 4 members (excludes halogenated alkanes) is 1. The summed E-state index contributed by atoms with van der Waals surface area (Å²) in [5, 5.41) is 5.66. The summed E-state index contributed by atoms with van der Waals surface area (Å²) in [5.41, 5.74) is 2.64. The summed E-state index contributed by atoms with van der Waals surface area (Å²) in [5.74, 6) is 2.02. The molecular formula is C30H40N8O3. The maximum atomic E-state index is 12.6. The lowest BCUT2D eigenvalue weighted by atomic mass is 10.2. The van der Waals surface area contributed by atoms with Crippen molar-refractivity contribution in [2.24, 2.45) is 0 Å². The van der Waals surface area contributed by atoms with E-state index in [9.17, 15) is 9.59 Å². The molecule has 0 spiro atoms. The van der Waals surface area contributed by atoms with Crippen LogP contribution in [0, 0.1) is 0 Å². The lowest BCUT2D eigenvalue weighted by Gasteiger charge is -2.27. The number of hydrogen-bond acceptors (Lipinski definition) is 8. The molecule has 0 unspecified atom stereocenters. The van der Waals surface area contributed by atoms with Gasteiger partial charge < -0.3 is 30.1 Å². The van der Waals surface area contributed by atoms with Crippen LogP contribution in [-0.2, 0) is 11.2 Å². The summed E-state index contributed by atoms with van der Waals surface area (Å²) in [6.07, 6.45) is 2.87. The Labute approximate surface area is 241 Å². The van der Waals surface area contributed by atoms with Gasteiger partial charge in [0.15, 0.2) is 5.82 Å². The van der Waals surface area contributed by atoms with Crippen molar-refractivity contribution in [3.8, 4) is 11.4 Å². The number of anilines is 3. The SMILES string of the molecule is CCCCc1nc(-c2ccc(NC(=O)Nc3ccc(C(=O)N(C)CCN(C)C)cc3)cc2)nc(N2CCOCC2)n1. The highest BCUT2D eigenvalue weighted by Gasteiger charge is 2.17. The van der Waals surface area contributed by atoms with Crippen molar-refractivity contribution in [1.82, 2.24) is 24.8 Å². The topological polar surface area (TPSA) is 116 Å². The fourth-order valence-electron chi connectivity index (χ4n) is 4.25. The van der Waals surface area contributed by atoms with Gasteiger partial charge in [-0.05, 0) is 69.0 Å². The van der Waals surface area contributed by atoms with Gasteiger partial charge in [0.2, 0.25) is 5.95 Å². The maximum Gasteiger partial charge on any atom is 0.323 e. The Morgan fingerprint density at radius 3 is 2.12 bits per heavy atom. The largest absolute Gasteiger partial charge is 0.378 e. The van der Waals surface area contributed by atoms with Crippen LogP contribution in [-0.4, -0.2) is 97.2 Å². The molecule has 3 aromatic rings. The number of aryl methyl sites for hydroxylation is 1. The van der Waals surface area contributed by atoms with Gasteiger partial charge in [-0.25, -0.2) is 9.78 Å². The summed E-state index contributed by atoms with van der Waals surface area (Å²) < 4.78 is 5.48. The van der Waals surface area contributed by atoms with Gasteiger partial charge in [-0.2, -0.15) is 9.97 Å². The number of carbonyl (C=O) groups is 2. The number of likely N-dealkylation sites (N-methyl/N-ethyl adjacent to an activating group) is 2. The summed E-state index contributed by atoms with van der Waals surface area (Å²) >= 11 is 0. The molecule has 0 saturated carbocycles. The molecule has 218 valence electrons. The molecule has 11 nitrogen and oxygen atoms in total. The van der Waals surface area contributed by atoms with Gasteiger partial charge in [0.25, 0.3) is 5.91 Å². The number of morpholine rings is 1. The highest BCUT2D eigenvalue weighted by Crippen LogP contribution is 2.22. The third-order valence-corrected chi connectivity index (χ3v) is 6.74. The van der Waals surface area contributed by atoms with E-state index in [1.807, 2.05) is 43.3 Å². The Morgan fingerprint density at radius 1 is 0.878 bits per heavy atom. The van der Waals surface area contributed by atoms with E-state index in [-0.39, 0.29) is 11.9 Å². The monoisotopic (exact) mass is 560 g/mol. The fourth-order valence-corrected chi connectivity index (χ4v) is 4.25. The molecule has 1 saturated heterocycles. The molecule has 41 heavy (non-hydrogen) atoms. The van der Waals surface area contributed by atoms with Crippen LogP contribution in [0.1, 0.15) is 35.9 Å². The van der Waals surface area contributed by atoms with Crippen LogP contribution in [0.4, 0.5) is 22.1 Å². The zero-order valence-corrected chi connectivity index (χ0v) is 24.4. The van der Waals surface area contributed by atoms with Crippen LogP contribution >= 0.6 is 0 Å². The summed E-state index contributed by atoms with van der Waals surface area (Å²) in [7, 11) is 5.73. The van der Waals surface area contributed by atoms with E-state index in [4.69, 9.17) is 19.7 Å². The molecule has 2 aromatic carbocycles. The average Bonchev–Trinajstić information content (AvgIpc) is 2.99. The van der Waals surface area contributed by atoms with Gasteiger partial charge in [0, 0.05) is 62.1 Å². The van der Waals surface area contributed by atoms with E-state index in [1.54, 1.807) is 36.2 Å². The van der Waals surface area contributed by atoms with E-state index < -0.39 is 0 Å². The van der Waals surface area contributed by atoms with Crippen molar-refractivity contribution in [2.45, 2.75) is 26.2 Å². The molecule has 4 rings (SSSR count). The van der Waals surface area contributed by atoms with Crippen LogP contribution in [0.2, 0.25) is 0 Å². The molecule has 1 aromatic heterocycles. The number of nitrogens with one attached hydrogen (secondary N) is 2. The van der Waals surface area contributed by atoms with Crippen molar-refractivity contribution >= 4 is 29.3 Å². The molecule has 0 bridgehead atoms. The van der Waals surface area contributed by atoms with Crippen molar-refractivity contribution in [3.05, 3.63) is 59.9 Å². The molecule has 0 radical (unpaired) electrons. The Balaban J connectivity index is 1.37. The van der Waals surface area contributed by atoms with Crippen LogP contribution in [0.15, 0.2) is 48.5 Å². The lowest BCUT2D eigenvalue weighted by molar-refractivity contribution is 0.0786. The van der Waals surface area contributed by atoms with Crippen molar-refractivity contribution in [1.29, 1.82) is 0 Å². The fraction of sp³-hybridized carbons (Fsp3) is 0.433. The van der Waals surface area contributed by atoms with Gasteiger partial charge in [-0.1, -0.05) is 13.3 Å². The zero-order valence-electron chi connectivity index (χ0n) is 24.4. The van der Waals surface area contributed by atoms with Crippen molar-refractivity contribution < 1.29 is 14.3 Å². The molecular weight excluding hydrogens is 520 g/mol. The van der Waals surface area contributed by atoms with Gasteiger partial charge >= 0.3 is 6.03 Å². The third-order valence-electron chi connectivity index (χ3n) is 6.74. The van der Waals surface area contributed by atoms with Crippen LogP contribution in [0.3, 0.4) is 0 Å². The molecule has 2 heterocycles. The first kappa shape index (κ1) is 29.9. The normalized spacial score (nSPS) is 13.2. The number of urea groups is 1. The molecule has 1 aliphatic rings. The predicted octanol–water partition coefficient (Wildman–Crippen LogP) is 4.00. The number of ether oxygens (including phenoxy) is 1. The molecule has 3 amide bonds. The number of rotatable bonds is 11. The second kappa shape index (κ2) is 14.5. The third kappa shape index (κ3) is 8.70. The molecule has 0 aliphatic carbocycles. The Kier molecular flexibility index (Phi) is 10.6. The van der Waals surface area contributed by atoms with E-state index in [0.29, 0.717) is 48.5 Å². The van der Waals surface area contributed by atoms with Gasteiger partial charge in [0.1, 0.15) is 5.82 Å². The van der Waals surface area contributed by atoms with Crippen LogP contribution in [0.25, 0.3) is 11.4 Å². The first-order chi connectivity index (χ1) is 19.8. The van der Waals surface area contributed by atoms with Crippen LogP contribution < -0.4 is 15.5 Å². The molecule has 11 heteroatoms. The quantitative estimate of drug-likeness (QED) is 0.362. The smallest absolute Gasteiger partial charge is 0.323 e. The Bertz CT molecular complexity index is 1290.